The van der Waals surface area contributed by atoms with Gasteiger partial charge >= 0.3 is 0 Å². The van der Waals surface area contributed by atoms with Crippen molar-refractivity contribution in [1.29, 1.82) is 0 Å². The fraction of sp³-hybridized carbons (Fsp3) is 0.500. The maximum absolute atomic E-state index is 11.3. The minimum absolute atomic E-state index is 0.254. The Morgan fingerprint density at radius 1 is 1.37 bits per heavy atom. The molecular weight excluding hydrogens is 244 g/mol. The maximum Gasteiger partial charge on any atom is 0.234 e. The lowest BCUT2D eigenvalue weighted by Crippen LogP contribution is -2.46. The Kier molecular flexibility index (Phi) is 4.27. The first-order valence-electron chi connectivity index (χ1n) is 6.41. The minimum Gasteiger partial charge on any atom is -0.493 e. The summed E-state index contributed by atoms with van der Waals surface area (Å²) in [4.78, 5) is 11.3. The van der Waals surface area contributed by atoms with Gasteiger partial charge in [-0.3, -0.25) is 4.79 Å². The monoisotopic (exact) mass is 264 g/mol. The van der Waals surface area contributed by atoms with Crippen molar-refractivity contribution >= 4 is 5.91 Å². The number of piperidine rings is 1. The third-order valence-electron chi connectivity index (χ3n) is 3.62. The zero-order chi connectivity index (χ0) is 13.8. The van der Waals surface area contributed by atoms with Gasteiger partial charge in [0.05, 0.1) is 20.3 Å². The van der Waals surface area contributed by atoms with Crippen LogP contribution in [0.4, 0.5) is 0 Å². The van der Waals surface area contributed by atoms with E-state index in [0.29, 0.717) is 12.2 Å². The van der Waals surface area contributed by atoms with Crippen LogP contribution < -0.4 is 20.5 Å². The number of primary amides is 1. The normalized spacial score (nSPS) is 22.8. The van der Waals surface area contributed by atoms with Crippen LogP contribution in [0.3, 0.4) is 0 Å². The number of hydrogen-bond donors (Lipinski definition) is 2. The summed E-state index contributed by atoms with van der Waals surface area (Å²) in [6, 6.07) is 5.57. The van der Waals surface area contributed by atoms with Crippen LogP contribution in [0.2, 0.25) is 0 Å². The van der Waals surface area contributed by atoms with Crippen LogP contribution in [0.1, 0.15) is 24.3 Å². The highest BCUT2D eigenvalue weighted by Gasteiger charge is 2.28. The number of amides is 1. The highest BCUT2D eigenvalue weighted by molar-refractivity contribution is 5.80. The van der Waals surface area contributed by atoms with Gasteiger partial charge in [-0.2, -0.15) is 0 Å². The van der Waals surface area contributed by atoms with E-state index in [9.17, 15) is 4.79 Å². The van der Waals surface area contributed by atoms with Gasteiger partial charge in [-0.25, -0.2) is 0 Å². The molecule has 1 amide bonds. The Labute approximate surface area is 113 Å². The van der Waals surface area contributed by atoms with Crippen LogP contribution in [-0.2, 0) is 4.79 Å². The highest BCUT2D eigenvalue weighted by atomic mass is 16.5. The number of nitrogens with one attached hydrogen (secondary N) is 1. The van der Waals surface area contributed by atoms with E-state index in [2.05, 4.69) is 5.32 Å². The van der Waals surface area contributed by atoms with Crippen LogP contribution in [-0.4, -0.2) is 32.7 Å². The molecule has 0 spiro atoms. The molecule has 1 aromatic carbocycles. The molecule has 1 saturated heterocycles. The molecule has 1 aliphatic heterocycles. The molecule has 2 atom stereocenters. The summed E-state index contributed by atoms with van der Waals surface area (Å²) in [5, 5.41) is 3.14. The van der Waals surface area contributed by atoms with Crippen molar-refractivity contribution in [3.63, 3.8) is 0 Å². The Hall–Kier alpha value is -1.75. The average Bonchev–Trinajstić information content (AvgIpc) is 2.46. The molecule has 19 heavy (non-hydrogen) atoms. The molecule has 3 N–H and O–H groups in total. The van der Waals surface area contributed by atoms with Crippen LogP contribution in [0.25, 0.3) is 0 Å². The SMILES string of the molecule is COc1cccc(C2CCNC(C(N)=O)C2)c1OC. The van der Waals surface area contributed by atoms with Crippen molar-refractivity contribution in [1.82, 2.24) is 5.32 Å². The van der Waals surface area contributed by atoms with Gasteiger partial charge in [0, 0.05) is 5.56 Å². The van der Waals surface area contributed by atoms with Gasteiger partial charge < -0.3 is 20.5 Å². The van der Waals surface area contributed by atoms with Gasteiger partial charge in [-0.15, -0.1) is 0 Å². The second kappa shape index (κ2) is 5.93. The molecule has 1 fully saturated rings. The van der Waals surface area contributed by atoms with Gasteiger partial charge in [-0.05, 0) is 31.4 Å². The number of methoxy groups -OCH3 is 2. The largest absolute Gasteiger partial charge is 0.493 e. The van der Waals surface area contributed by atoms with E-state index in [-0.39, 0.29) is 17.9 Å². The summed E-state index contributed by atoms with van der Waals surface area (Å²) < 4.78 is 10.8. The van der Waals surface area contributed by atoms with Crippen molar-refractivity contribution in [2.75, 3.05) is 20.8 Å². The van der Waals surface area contributed by atoms with Crippen LogP contribution >= 0.6 is 0 Å². The van der Waals surface area contributed by atoms with E-state index >= 15 is 0 Å². The molecule has 2 rings (SSSR count). The molecule has 0 bridgehead atoms. The Bertz CT molecular complexity index is 462. The van der Waals surface area contributed by atoms with Gasteiger partial charge in [0.2, 0.25) is 5.91 Å². The van der Waals surface area contributed by atoms with Crippen LogP contribution in [0, 0.1) is 0 Å². The molecule has 0 radical (unpaired) electrons. The quantitative estimate of drug-likeness (QED) is 0.851. The van der Waals surface area contributed by atoms with Gasteiger partial charge in [0.25, 0.3) is 0 Å². The lowest BCUT2D eigenvalue weighted by molar-refractivity contribution is -0.120. The molecule has 1 aliphatic rings. The number of nitrogens with two attached hydrogens (primary N) is 1. The summed E-state index contributed by atoms with van der Waals surface area (Å²) in [7, 11) is 3.25. The first-order chi connectivity index (χ1) is 9.17. The minimum atomic E-state index is -0.299. The summed E-state index contributed by atoms with van der Waals surface area (Å²) in [6.07, 6.45) is 1.65. The summed E-state index contributed by atoms with van der Waals surface area (Å²) in [6.45, 7) is 0.776. The molecule has 1 aromatic rings. The van der Waals surface area contributed by atoms with Crippen molar-refractivity contribution in [3.05, 3.63) is 23.8 Å². The van der Waals surface area contributed by atoms with Crippen molar-refractivity contribution in [2.45, 2.75) is 24.8 Å². The smallest absolute Gasteiger partial charge is 0.234 e. The van der Waals surface area contributed by atoms with E-state index in [0.717, 1.165) is 24.3 Å². The Balaban J connectivity index is 2.28. The molecule has 0 saturated carbocycles. The molecule has 2 unspecified atom stereocenters. The predicted molar refractivity (Wildman–Crippen MR) is 72.5 cm³/mol. The van der Waals surface area contributed by atoms with Crippen LogP contribution in [0.5, 0.6) is 11.5 Å². The van der Waals surface area contributed by atoms with Crippen LogP contribution in [0.15, 0.2) is 18.2 Å². The summed E-state index contributed by atoms with van der Waals surface area (Å²) in [5.41, 5.74) is 6.46. The fourth-order valence-corrected chi connectivity index (χ4v) is 2.65. The third kappa shape index (κ3) is 2.81. The zero-order valence-electron chi connectivity index (χ0n) is 11.3. The second-order valence-corrected chi connectivity index (χ2v) is 4.71. The Morgan fingerprint density at radius 2 is 2.16 bits per heavy atom. The Morgan fingerprint density at radius 3 is 2.79 bits per heavy atom. The molecule has 1 heterocycles. The number of benzene rings is 1. The lowest BCUT2D eigenvalue weighted by Gasteiger charge is -2.29. The number of rotatable bonds is 4. The first kappa shape index (κ1) is 13.7. The molecule has 5 heteroatoms. The maximum atomic E-state index is 11.3. The van der Waals surface area contributed by atoms with E-state index in [1.165, 1.54) is 0 Å². The molecule has 104 valence electrons. The lowest BCUT2D eigenvalue weighted by atomic mass is 9.85. The summed E-state index contributed by atoms with van der Waals surface area (Å²) >= 11 is 0. The van der Waals surface area contributed by atoms with E-state index < -0.39 is 0 Å². The number of ether oxygens (including phenoxy) is 2. The highest BCUT2D eigenvalue weighted by Crippen LogP contribution is 2.39. The number of carbonyl (C=O) groups excluding carboxylic acids is 1. The predicted octanol–water partition coefficient (Wildman–Crippen LogP) is 1.02. The first-order valence-corrected chi connectivity index (χ1v) is 6.41. The van der Waals surface area contributed by atoms with E-state index in [1.807, 2.05) is 18.2 Å². The number of hydrogen-bond acceptors (Lipinski definition) is 4. The van der Waals surface area contributed by atoms with Crippen molar-refractivity contribution in [3.8, 4) is 11.5 Å². The number of para-hydroxylation sites is 1. The third-order valence-corrected chi connectivity index (χ3v) is 3.62. The zero-order valence-corrected chi connectivity index (χ0v) is 11.3. The van der Waals surface area contributed by atoms with E-state index in [4.69, 9.17) is 15.2 Å². The molecule has 5 nitrogen and oxygen atoms in total. The fourth-order valence-electron chi connectivity index (χ4n) is 2.65. The topological polar surface area (TPSA) is 73.6 Å². The van der Waals surface area contributed by atoms with Crippen molar-refractivity contribution in [2.24, 2.45) is 5.73 Å². The van der Waals surface area contributed by atoms with E-state index in [1.54, 1.807) is 14.2 Å². The summed E-state index contributed by atoms with van der Waals surface area (Å²) in [5.74, 6) is 1.42. The molecular formula is C14H20N2O3. The van der Waals surface area contributed by atoms with Gasteiger partial charge in [-0.1, -0.05) is 12.1 Å². The van der Waals surface area contributed by atoms with Gasteiger partial charge in [0.15, 0.2) is 11.5 Å². The molecule has 0 aromatic heterocycles. The van der Waals surface area contributed by atoms with Crippen molar-refractivity contribution < 1.29 is 14.3 Å². The second-order valence-electron chi connectivity index (χ2n) is 4.71. The van der Waals surface area contributed by atoms with Gasteiger partial charge in [0.1, 0.15) is 0 Å². The average molecular weight is 264 g/mol. The standard InChI is InChI=1S/C14H20N2O3/c1-18-12-5-3-4-10(13(12)19-2)9-6-7-16-11(8-9)14(15)17/h3-5,9,11,16H,6-8H2,1-2H3,(H2,15,17). The molecule has 0 aliphatic carbocycles. The number of carbonyl (C=O) groups is 1.